The van der Waals surface area contributed by atoms with E-state index < -0.39 is 5.97 Å². The van der Waals surface area contributed by atoms with Crippen LogP contribution < -0.4 is 4.74 Å². The molecule has 116 valence electrons. The Hall–Kier alpha value is -1.27. The summed E-state index contributed by atoms with van der Waals surface area (Å²) in [5, 5.41) is 0.568. The molecule has 1 amide bonds. The topological polar surface area (TPSA) is 55.8 Å². The van der Waals surface area contributed by atoms with Gasteiger partial charge in [0, 0.05) is 11.6 Å². The van der Waals surface area contributed by atoms with E-state index in [9.17, 15) is 9.59 Å². The van der Waals surface area contributed by atoms with E-state index in [4.69, 9.17) is 16.3 Å². The first-order valence-corrected chi connectivity index (χ1v) is 7.57. The zero-order valence-corrected chi connectivity index (χ0v) is 14.2. The maximum absolute atomic E-state index is 12.1. The number of esters is 1. The number of hydrogen-bond donors (Lipinski definition) is 0. The molecule has 0 saturated heterocycles. The molecule has 0 radical (unpaired) electrons. The molecule has 0 N–H and O–H groups in total. The predicted octanol–water partition coefficient (Wildman–Crippen LogP) is 2.89. The minimum absolute atomic E-state index is 0.0751. The molecule has 7 heteroatoms. The molecule has 0 fully saturated rings. The van der Waals surface area contributed by atoms with Crippen LogP contribution in [0.1, 0.15) is 13.3 Å². The second-order valence-corrected chi connectivity index (χ2v) is 5.55. The number of benzene rings is 1. The number of halogens is 2. The standard InChI is InChI=1S/C14H17BrClNO4/c1-3-6-17(8-14(19)20-2)13(18)9-21-12-5-4-10(16)7-11(12)15/h4-5,7H,3,6,8-9H2,1-2H3. The fourth-order valence-electron chi connectivity index (χ4n) is 1.61. The van der Waals surface area contributed by atoms with Crippen LogP contribution in [0.25, 0.3) is 0 Å². The minimum Gasteiger partial charge on any atom is -0.483 e. The first kappa shape index (κ1) is 17.8. The Kier molecular flexibility index (Phi) is 7.53. The molecule has 0 aliphatic rings. The van der Waals surface area contributed by atoms with E-state index in [1.54, 1.807) is 18.2 Å². The van der Waals surface area contributed by atoms with Crippen LogP contribution in [0, 0.1) is 0 Å². The Balaban J connectivity index is 2.62. The van der Waals surface area contributed by atoms with E-state index in [-0.39, 0.29) is 19.1 Å². The Bertz CT molecular complexity index is 510. The van der Waals surface area contributed by atoms with Crippen LogP contribution in [0.4, 0.5) is 0 Å². The van der Waals surface area contributed by atoms with Gasteiger partial charge >= 0.3 is 5.97 Å². The highest BCUT2D eigenvalue weighted by atomic mass is 79.9. The molecule has 1 rings (SSSR count). The number of methoxy groups -OCH3 is 1. The Morgan fingerprint density at radius 1 is 1.38 bits per heavy atom. The van der Waals surface area contributed by atoms with Gasteiger partial charge in [-0.15, -0.1) is 0 Å². The third-order valence-electron chi connectivity index (χ3n) is 2.64. The number of rotatable bonds is 7. The van der Waals surface area contributed by atoms with Crippen molar-refractivity contribution in [1.29, 1.82) is 0 Å². The van der Waals surface area contributed by atoms with Gasteiger partial charge in [0.1, 0.15) is 12.3 Å². The van der Waals surface area contributed by atoms with Gasteiger partial charge in [-0.25, -0.2) is 0 Å². The number of ether oxygens (including phenoxy) is 2. The van der Waals surface area contributed by atoms with Gasteiger partial charge in [0.15, 0.2) is 6.61 Å². The Morgan fingerprint density at radius 2 is 2.10 bits per heavy atom. The molecule has 0 unspecified atom stereocenters. The van der Waals surface area contributed by atoms with Crippen LogP contribution in [0.2, 0.25) is 5.02 Å². The summed E-state index contributed by atoms with van der Waals surface area (Å²) < 4.78 is 10.7. The second-order valence-electron chi connectivity index (χ2n) is 4.25. The van der Waals surface area contributed by atoms with Gasteiger partial charge in [-0.05, 0) is 40.5 Å². The molecule has 5 nitrogen and oxygen atoms in total. The van der Waals surface area contributed by atoms with Crippen molar-refractivity contribution in [3.63, 3.8) is 0 Å². The minimum atomic E-state index is -0.454. The lowest BCUT2D eigenvalue weighted by Gasteiger charge is -2.21. The molecule has 0 saturated carbocycles. The van der Waals surface area contributed by atoms with Gasteiger partial charge < -0.3 is 14.4 Å². The quantitative estimate of drug-likeness (QED) is 0.685. The first-order chi connectivity index (χ1) is 9.97. The van der Waals surface area contributed by atoms with Crippen molar-refractivity contribution in [2.24, 2.45) is 0 Å². The average Bonchev–Trinajstić information content (AvgIpc) is 2.45. The first-order valence-electron chi connectivity index (χ1n) is 6.40. The third kappa shape index (κ3) is 5.93. The Morgan fingerprint density at radius 3 is 2.67 bits per heavy atom. The summed E-state index contributed by atoms with van der Waals surface area (Å²) in [5.41, 5.74) is 0. The van der Waals surface area contributed by atoms with E-state index in [1.165, 1.54) is 12.0 Å². The van der Waals surface area contributed by atoms with Crippen molar-refractivity contribution in [3.05, 3.63) is 27.7 Å². The second kappa shape index (κ2) is 8.89. The van der Waals surface area contributed by atoms with Crippen LogP contribution in [-0.2, 0) is 14.3 Å². The molecule has 0 spiro atoms. The van der Waals surface area contributed by atoms with Crippen molar-refractivity contribution in [1.82, 2.24) is 4.90 Å². The summed E-state index contributed by atoms with van der Waals surface area (Å²) in [4.78, 5) is 24.8. The zero-order chi connectivity index (χ0) is 15.8. The lowest BCUT2D eigenvalue weighted by atomic mass is 10.3. The van der Waals surface area contributed by atoms with Crippen molar-refractivity contribution >= 4 is 39.4 Å². The molecule has 1 aromatic carbocycles. The van der Waals surface area contributed by atoms with Gasteiger partial charge in [-0.1, -0.05) is 18.5 Å². The lowest BCUT2D eigenvalue weighted by molar-refractivity contribution is -0.147. The highest BCUT2D eigenvalue weighted by Gasteiger charge is 2.17. The summed E-state index contributed by atoms with van der Waals surface area (Å²) >= 11 is 9.14. The molecule has 1 aromatic rings. The third-order valence-corrected chi connectivity index (χ3v) is 3.49. The summed E-state index contributed by atoms with van der Waals surface area (Å²) in [7, 11) is 1.29. The van der Waals surface area contributed by atoms with E-state index in [2.05, 4.69) is 20.7 Å². The van der Waals surface area contributed by atoms with Crippen molar-refractivity contribution < 1.29 is 19.1 Å². The molecular formula is C14H17BrClNO4. The number of amides is 1. The highest BCUT2D eigenvalue weighted by Crippen LogP contribution is 2.27. The smallest absolute Gasteiger partial charge is 0.325 e. The van der Waals surface area contributed by atoms with Crippen molar-refractivity contribution in [3.8, 4) is 5.75 Å². The summed E-state index contributed by atoms with van der Waals surface area (Å²) in [6, 6.07) is 5.02. The molecule has 0 heterocycles. The van der Waals surface area contributed by atoms with Gasteiger partial charge in [0.25, 0.3) is 5.91 Å². The predicted molar refractivity (Wildman–Crippen MR) is 83.5 cm³/mol. The monoisotopic (exact) mass is 377 g/mol. The van der Waals surface area contributed by atoms with E-state index >= 15 is 0 Å². The van der Waals surface area contributed by atoms with Crippen molar-refractivity contribution in [2.45, 2.75) is 13.3 Å². The fraction of sp³-hybridized carbons (Fsp3) is 0.429. The van der Waals surface area contributed by atoms with Crippen LogP contribution in [0.3, 0.4) is 0 Å². The maximum atomic E-state index is 12.1. The van der Waals surface area contributed by atoms with Crippen LogP contribution >= 0.6 is 27.5 Å². The fourth-order valence-corrected chi connectivity index (χ4v) is 2.40. The SMILES string of the molecule is CCCN(CC(=O)OC)C(=O)COc1ccc(Cl)cc1Br. The van der Waals surface area contributed by atoms with Gasteiger partial charge in [0.05, 0.1) is 11.6 Å². The van der Waals surface area contributed by atoms with E-state index in [0.717, 1.165) is 6.42 Å². The lowest BCUT2D eigenvalue weighted by Crippen LogP contribution is -2.39. The molecule has 0 bridgehead atoms. The van der Waals surface area contributed by atoms with Gasteiger partial charge in [-0.2, -0.15) is 0 Å². The number of nitrogens with zero attached hydrogens (tertiary/aromatic N) is 1. The van der Waals surface area contributed by atoms with Crippen molar-refractivity contribution in [2.75, 3.05) is 26.8 Å². The molecule has 0 aliphatic carbocycles. The van der Waals surface area contributed by atoms with Crippen LogP contribution in [0.5, 0.6) is 5.75 Å². The molecule has 0 aromatic heterocycles. The average molecular weight is 379 g/mol. The highest BCUT2D eigenvalue weighted by molar-refractivity contribution is 9.10. The zero-order valence-electron chi connectivity index (χ0n) is 11.9. The van der Waals surface area contributed by atoms with Gasteiger partial charge in [-0.3, -0.25) is 9.59 Å². The largest absolute Gasteiger partial charge is 0.483 e. The summed E-state index contributed by atoms with van der Waals surface area (Å²) in [6.45, 7) is 2.17. The molecular weight excluding hydrogens is 362 g/mol. The number of carbonyl (C=O) groups excluding carboxylic acids is 2. The van der Waals surface area contributed by atoms with Gasteiger partial charge in [0.2, 0.25) is 0 Å². The number of carbonyl (C=O) groups is 2. The normalized spacial score (nSPS) is 10.1. The summed E-state index contributed by atoms with van der Waals surface area (Å²) in [6.07, 6.45) is 0.743. The molecule has 21 heavy (non-hydrogen) atoms. The molecule has 0 atom stereocenters. The van der Waals surface area contributed by atoms with E-state index in [1.807, 2.05) is 6.92 Å². The van der Waals surface area contributed by atoms with E-state index in [0.29, 0.717) is 21.8 Å². The number of hydrogen-bond acceptors (Lipinski definition) is 4. The van der Waals surface area contributed by atoms with Crippen LogP contribution in [-0.4, -0.2) is 43.6 Å². The van der Waals surface area contributed by atoms with Crippen LogP contribution in [0.15, 0.2) is 22.7 Å². The Labute approximate surface area is 137 Å². The molecule has 0 aliphatic heterocycles. The summed E-state index contributed by atoms with van der Waals surface area (Å²) in [5.74, 6) is -0.212. The maximum Gasteiger partial charge on any atom is 0.325 e.